The third-order valence-electron chi connectivity index (χ3n) is 4.94. The lowest BCUT2D eigenvalue weighted by Gasteiger charge is -2.28. The second kappa shape index (κ2) is 9.93. The molecule has 0 aliphatic heterocycles. The lowest BCUT2D eigenvalue weighted by molar-refractivity contribution is 0.354. The van der Waals surface area contributed by atoms with Crippen molar-refractivity contribution >= 4 is 23.4 Å². The minimum atomic E-state index is -0.847. The average Bonchev–Trinajstić information content (AvgIpc) is 2.79. The second-order valence-corrected chi connectivity index (χ2v) is 8.69. The Morgan fingerprint density at radius 1 is 0.933 bits per heavy atom. The van der Waals surface area contributed by atoms with Crippen LogP contribution in [0.5, 0.6) is 11.5 Å². The van der Waals surface area contributed by atoms with E-state index in [1.54, 1.807) is 26.0 Å². The van der Waals surface area contributed by atoms with Crippen molar-refractivity contribution in [2.45, 2.75) is 28.9 Å². The summed E-state index contributed by atoms with van der Waals surface area (Å²) in [7, 11) is 3.21. The molecule has 0 fully saturated rings. The summed E-state index contributed by atoms with van der Waals surface area (Å²) >= 11 is 7.59. The van der Waals surface area contributed by atoms with Crippen LogP contribution in [0, 0.1) is 18.3 Å². The van der Waals surface area contributed by atoms with E-state index < -0.39 is 4.75 Å². The Hall–Kier alpha value is -2.61. The average molecular weight is 438 g/mol. The van der Waals surface area contributed by atoms with E-state index in [4.69, 9.17) is 21.1 Å². The van der Waals surface area contributed by atoms with Gasteiger partial charge in [0, 0.05) is 17.2 Å². The summed E-state index contributed by atoms with van der Waals surface area (Å²) in [5, 5.41) is 10.5. The van der Waals surface area contributed by atoms with Gasteiger partial charge in [0.25, 0.3) is 0 Å². The van der Waals surface area contributed by atoms with Crippen molar-refractivity contribution in [3.05, 3.63) is 89.0 Å². The largest absolute Gasteiger partial charge is 0.493 e. The smallest absolute Gasteiger partial charge is 0.161 e. The number of ether oxygens (including phenoxy) is 2. The first kappa shape index (κ1) is 22.1. The van der Waals surface area contributed by atoms with E-state index in [1.165, 1.54) is 5.56 Å². The summed E-state index contributed by atoms with van der Waals surface area (Å²) < 4.78 is 10.0. The van der Waals surface area contributed by atoms with Gasteiger partial charge in [0.05, 0.1) is 20.3 Å². The predicted molar refractivity (Wildman–Crippen MR) is 124 cm³/mol. The summed E-state index contributed by atoms with van der Waals surface area (Å²) in [5.41, 5.74) is 4.14. The van der Waals surface area contributed by atoms with Gasteiger partial charge in [-0.1, -0.05) is 59.8 Å². The number of halogens is 1. The number of nitrogens with zero attached hydrogens (tertiary/aromatic N) is 1. The van der Waals surface area contributed by atoms with Crippen molar-refractivity contribution < 1.29 is 9.47 Å². The number of alkyl halides is 1. The zero-order chi connectivity index (χ0) is 21.6. The molecule has 5 heteroatoms. The number of aryl methyl sites for hydroxylation is 1. The molecule has 0 aliphatic rings. The van der Waals surface area contributed by atoms with Crippen LogP contribution < -0.4 is 9.47 Å². The first-order valence-corrected chi connectivity index (χ1v) is 10.9. The molecular formula is C25H24ClNO2S. The van der Waals surface area contributed by atoms with E-state index in [0.717, 1.165) is 21.6 Å². The molecule has 0 aromatic heterocycles. The van der Waals surface area contributed by atoms with E-state index in [9.17, 15) is 5.26 Å². The standard InChI is InChI=1S/C25H24ClNO2S/c1-18-7-10-22(11-8-18)30-25(17-27,15-19-5-4-6-20(13-19)16-26)21-9-12-23(28-2)24(14-21)29-3/h4-14H,15-16H2,1-3H3. The molecule has 3 rings (SSSR count). The Morgan fingerprint density at radius 2 is 1.63 bits per heavy atom. The Kier molecular flexibility index (Phi) is 7.31. The van der Waals surface area contributed by atoms with Gasteiger partial charge >= 0.3 is 0 Å². The number of methoxy groups -OCH3 is 2. The summed E-state index contributed by atoms with van der Waals surface area (Å²) in [6.07, 6.45) is 0.530. The van der Waals surface area contributed by atoms with Gasteiger partial charge in [0.15, 0.2) is 11.5 Å². The van der Waals surface area contributed by atoms with Crippen LogP contribution in [-0.4, -0.2) is 14.2 Å². The predicted octanol–water partition coefficient (Wildman–Crippen LogP) is 6.50. The van der Waals surface area contributed by atoms with E-state index in [0.29, 0.717) is 23.8 Å². The van der Waals surface area contributed by atoms with Crippen molar-refractivity contribution in [2.75, 3.05) is 14.2 Å². The molecule has 154 valence electrons. The van der Waals surface area contributed by atoms with Crippen LogP contribution in [0.15, 0.2) is 71.6 Å². The van der Waals surface area contributed by atoms with Gasteiger partial charge in [-0.15, -0.1) is 11.6 Å². The molecule has 0 spiro atoms. The van der Waals surface area contributed by atoms with Crippen molar-refractivity contribution in [3.63, 3.8) is 0 Å². The van der Waals surface area contributed by atoms with Gasteiger partial charge in [-0.25, -0.2) is 0 Å². The van der Waals surface area contributed by atoms with Crippen LogP contribution in [0.4, 0.5) is 0 Å². The Bertz CT molecular complexity index is 1050. The molecule has 0 heterocycles. The fourth-order valence-corrected chi connectivity index (χ4v) is 4.70. The highest BCUT2D eigenvalue weighted by molar-refractivity contribution is 8.00. The van der Waals surface area contributed by atoms with E-state index in [1.807, 2.05) is 36.4 Å². The highest BCUT2D eigenvalue weighted by atomic mass is 35.5. The fraction of sp³-hybridized carbons (Fsp3) is 0.240. The molecule has 30 heavy (non-hydrogen) atoms. The highest BCUT2D eigenvalue weighted by Gasteiger charge is 2.35. The molecule has 0 radical (unpaired) electrons. The number of hydrogen-bond donors (Lipinski definition) is 0. The van der Waals surface area contributed by atoms with Crippen molar-refractivity contribution in [3.8, 4) is 17.6 Å². The molecule has 3 aromatic rings. The van der Waals surface area contributed by atoms with E-state index in [2.05, 4.69) is 43.3 Å². The van der Waals surface area contributed by atoms with Crippen molar-refractivity contribution in [2.24, 2.45) is 0 Å². The maximum atomic E-state index is 10.5. The molecule has 0 bridgehead atoms. The highest BCUT2D eigenvalue weighted by Crippen LogP contribution is 2.46. The summed E-state index contributed by atoms with van der Waals surface area (Å²) in [5.74, 6) is 1.68. The molecule has 0 saturated carbocycles. The van der Waals surface area contributed by atoms with Crippen molar-refractivity contribution in [1.29, 1.82) is 5.26 Å². The number of nitriles is 1. The van der Waals surface area contributed by atoms with Crippen LogP contribution >= 0.6 is 23.4 Å². The minimum Gasteiger partial charge on any atom is -0.493 e. The molecule has 0 aliphatic carbocycles. The Morgan fingerprint density at radius 3 is 2.27 bits per heavy atom. The molecule has 0 amide bonds. The first-order chi connectivity index (χ1) is 14.5. The van der Waals surface area contributed by atoms with Crippen molar-refractivity contribution in [1.82, 2.24) is 0 Å². The maximum absolute atomic E-state index is 10.5. The molecular weight excluding hydrogens is 414 g/mol. The molecule has 1 atom stereocenters. The number of benzene rings is 3. The summed E-state index contributed by atoms with van der Waals surface area (Å²) in [4.78, 5) is 1.03. The van der Waals surface area contributed by atoms with Gasteiger partial charge in [0.2, 0.25) is 0 Å². The van der Waals surface area contributed by atoms with Crippen LogP contribution in [0.25, 0.3) is 0 Å². The molecule has 3 aromatic carbocycles. The summed E-state index contributed by atoms with van der Waals surface area (Å²) in [6.45, 7) is 2.05. The van der Waals surface area contributed by atoms with Gasteiger partial charge in [-0.2, -0.15) is 5.26 Å². The molecule has 0 saturated heterocycles. The topological polar surface area (TPSA) is 42.2 Å². The first-order valence-electron chi connectivity index (χ1n) is 9.57. The quantitative estimate of drug-likeness (QED) is 0.297. The Balaban J connectivity index is 2.10. The van der Waals surface area contributed by atoms with E-state index in [-0.39, 0.29) is 0 Å². The SMILES string of the molecule is COc1ccc(C(C#N)(Cc2cccc(CCl)c2)Sc2ccc(C)cc2)cc1OC. The van der Waals surface area contributed by atoms with Gasteiger partial charge in [-0.05, 0) is 47.9 Å². The number of rotatable bonds is 8. The maximum Gasteiger partial charge on any atom is 0.161 e. The minimum absolute atomic E-state index is 0.439. The van der Waals surface area contributed by atoms with Gasteiger partial charge in [-0.3, -0.25) is 0 Å². The lowest BCUT2D eigenvalue weighted by Crippen LogP contribution is -2.23. The molecule has 0 N–H and O–H groups in total. The normalized spacial score (nSPS) is 12.6. The third kappa shape index (κ3) is 4.92. The number of thioether (sulfide) groups is 1. The number of hydrogen-bond acceptors (Lipinski definition) is 4. The zero-order valence-corrected chi connectivity index (χ0v) is 18.9. The lowest BCUT2D eigenvalue weighted by atomic mass is 9.91. The fourth-order valence-electron chi connectivity index (χ4n) is 3.33. The second-order valence-electron chi connectivity index (χ2n) is 7.05. The van der Waals surface area contributed by atoms with Gasteiger partial charge < -0.3 is 9.47 Å². The van der Waals surface area contributed by atoms with E-state index >= 15 is 0 Å². The monoisotopic (exact) mass is 437 g/mol. The molecule has 3 nitrogen and oxygen atoms in total. The Labute approximate surface area is 187 Å². The van der Waals surface area contributed by atoms with Gasteiger partial charge in [0.1, 0.15) is 4.75 Å². The van der Waals surface area contributed by atoms with Crippen LogP contribution in [0.1, 0.15) is 22.3 Å². The third-order valence-corrected chi connectivity index (χ3v) is 6.58. The van der Waals surface area contributed by atoms with Crippen LogP contribution in [-0.2, 0) is 17.0 Å². The van der Waals surface area contributed by atoms with Crippen LogP contribution in [0.2, 0.25) is 0 Å². The summed E-state index contributed by atoms with van der Waals surface area (Å²) in [6, 6.07) is 24.6. The molecule has 1 unspecified atom stereocenters. The van der Waals surface area contributed by atoms with Crippen LogP contribution in [0.3, 0.4) is 0 Å². The zero-order valence-electron chi connectivity index (χ0n) is 17.3.